The predicted molar refractivity (Wildman–Crippen MR) is 74.9 cm³/mol. The number of aliphatic imine (C=N–C) groups is 1. The summed E-state index contributed by atoms with van der Waals surface area (Å²) in [6, 6.07) is 4.03. The van der Waals surface area contributed by atoms with E-state index in [1.54, 1.807) is 13.1 Å². The number of hydrogen-bond donors (Lipinski definition) is 2. The van der Waals surface area contributed by atoms with Crippen molar-refractivity contribution in [2.45, 2.75) is 38.9 Å². The molecular weight excluding hydrogens is 240 g/mol. The number of pyridine rings is 1. The van der Waals surface area contributed by atoms with E-state index in [0.717, 1.165) is 17.2 Å². The predicted octanol–water partition coefficient (Wildman–Crippen LogP) is 0.872. The van der Waals surface area contributed by atoms with Gasteiger partial charge in [-0.25, -0.2) is 0 Å². The van der Waals surface area contributed by atoms with Gasteiger partial charge in [0, 0.05) is 19.0 Å². The Hall–Kier alpha value is -1.75. The molecule has 0 aromatic carbocycles. The van der Waals surface area contributed by atoms with Crippen LogP contribution in [0, 0.1) is 5.92 Å². The van der Waals surface area contributed by atoms with Crippen molar-refractivity contribution < 1.29 is 4.79 Å². The molecular formula is C14H20N4O. The summed E-state index contributed by atoms with van der Waals surface area (Å²) in [5.41, 5.74) is 7.10. The Kier molecular flexibility index (Phi) is 4.27. The molecule has 0 radical (unpaired) electrons. The number of nitrogens with zero attached hydrogens (tertiary/aromatic N) is 2. The van der Waals surface area contributed by atoms with Gasteiger partial charge in [-0.05, 0) is 37.0 Å². The maximum atomic E-state index is 10.9. The van der Waals surface area contributed by atoms with Gasteiger partial charge in [-0.15, -0.1) is 0 Å². The summed E-state index contributed by atoms with van der Waals surface area (Å²) in [5.74, 6) is 0.357. The van der Waals surface area contributed by atoms with Crippen LogP contribution in [0.2, 0.25) is 0 Å². The van der Waals surface area contributed by atoms with Gasteiger partial charge in [-0.3, -0.25) is 14.8 Å². The SMILES string of the molecule is CC(NCc1cc(C=NC2CC2C)ccn1)C(N)=O. The van der Waals surface area contributed by atoms with E-state index < -0.39 is 0 Å². The van der Waals surface area contributed by atoms with Gasteiger partial charge >= 0.3 is 0 Å². The molecule has 1 aliphatic rings. The zero-order valence-corrected chi connectivity index (χ0v) is 11.3. The molecule has 3 N–H and O–H groups in total. The first-order valence-corrected chi connectivity index (χ1v) is 6.57. The third-order valence-corrected chi connectivity index (χ3v) is 3.34. The molecule has 0 spiro atoms. The molecule has 1 aromatic rings. The second-order valence-corrected chi connectivity index (χ2v) is 5.14. The quantitative estimate of drug-likeness (QED) is 0.745. The van der Waals surface area contributed by atoms with Gasteiger partial charge in [0.15, 0.2) is 0 Å². The standard InChI is InChI=1S/C14H20N4O/c1-9-5-13(9)18-7-11-3-4-16-12(6-11)8-17-10(2)14(15)19/h3-4,6-7,9-10,13,17H,5,8H2,1-2H3,(H2,15,19). The smallest absolute Gasteiger partial charge is 0.234 e. The van der Waals surface area contributed by atoms with Crippen LogP contribution in [-0.2, 0) is 11.3 Å². The number of hydrogen-bond acceptors (Lipinski definition) is 4. The zero-order valence-electron chi connectivity index (χ0n) is 11.3. The molecule has 3 unspecified atom stereocenters. The van der Waals surface area contributed by atoms with Crippen LogP contribution in [0.15, 0.2) is 23.3 Å². The van der Waals surface area contributed by atoms with Gasteiger partial charge in [0.05, 0.1) is 17.8 Å². The molecule has 5 heteroatoms. The molecule has 1 fully saturated rings. The molecule has 0 aliphatic heterocycles. The summed E-state index contributed by atoms with van der Waals surface area (Å²) in [6.45, 7) is 4.46. The van der Waals surface area contributed by atoms with Crippen LogP contribution in [0.25, 0.3) is 0 Å². The van der Waals surface area contributed by atoms with Gasteiger partial charge in [0.2, 0.25) is 5.91 Å². The molecule has 1 heterocycles. The molecule has 1 aromatic heterocycles. The summed E-state index contributed by atoms with van der Waals surface area (Å²) in [4.78, 5) is 19.7. The number of primary amides is 1. The number of nitrogens with two attached hydrogens (primary N) is 1. The Bertz CT molecular complexity index is 486. The van der Waals surface area contributed by atoms with E-state index in [2.05, 4.69) is 22.2 Å². The molecule has 1 aliphatic carbocycles. The van der Waals surface area contributed by atoms with Crippen LogP contribution < -0.4 is 11.1 Å². The van der Waals surface area contributed by atoms with E-state index in [1.165, 1.54) is 6.42 Å². The third kappa shape index (κ3) is 4.13. The monoisotopic (exact) mass is 260 g/mol. The lowest BCUT2D eigenvalue weighted by molar-refractivity contribution is -0.119. The van der Waals surface area contributed by atoms with Crippen molar-refractivity contribution in [1.29, 1.82) is 0 Å². The summed E-state index contributed by atoms with van der Waals surface area (Å²) < 4.78 is 0. The first-order chi connectivity index (χ1) is 9.06. The number of amides is 1. The van der Waals surface area contributed by atoms with Crippen molar-refractivity contribution in [1.82, 2.24) is 10.3 Å². The average Bonchev–Trinajstić information content (AvgIpc) is 3.10. The lowest BCUT2D eigenvalue weighted by Crippen LogP contribution is -2.38. The van der Waals surface area contributed by atoms with E-state index in [-0.39, 0.29) is 11.9 Å². The van der Waals surface area contributed by atoms with Crippen LogP contribution in [0.1, 0.15) is 31.5 Å². The second-order valence-electron chi connectivity index (χ2n) is 5.14. The van der Waals surface area contributed by atoms with Gasteiger partial charge in [-0.2, -0.15) is 0 Å². The van der Waals surface area contributed by atoms with Gasteiger partial charge in [-0.1, -0.05) is 6.92 Å². The lowest BCUT2D eigenvalue weighted by atomic mass is 10.2. The highest BCUT2D eigenvalue weighted by Crippen LogP contribution is 2.32. The Labute approximate surface area is 113 Å². The lowest BCUT2D eigenvalue weighted by Gasteiger charge is -2.09. The minimum atomic E-state index is -0.361. The first-order valence-electron chi connectivity index (χ1n) is 6.57. The van der Waals surface area contributed by atoms with Crippen LogP contribution in [0.3, 0.4) is 0 Å². The average molecular weight is 260 g/mol. The molecule has 0 bridgehead atoms. The molecule has 3 atom stereocenters. The summed E-state index contributed by atoms with van der Waals surface area (Å²) in [7, 11) is 0. The number of carbonyl (C=O) groups is 1. The molecule has 102 valence electrons. The number of nitrogens with one attached hydrogen (secondary N) is 1. The van der Waals surface area contributed by atoms with Gasteiger partial charge in [0.25, 0.3) is 0 Å². The number of carbonyl (C=O) groups excluding carboxylic acids is 1. The molecule has 5 nitrogen and oxygen atoms in total. The molecule has 1 saturated carbocycles. The van der Waals surface area contributed by atoms with Crippen molar-refractivity contribution >= 4 is 12.1 Å². The highest BCUT2D eigenvalue weighted by molar-refractivity contribution is 5.80. The molecule has 19 heavy (non-hydrogen) atoms. The van der Waals surface area contributed by atoms with Crippen molar-refractivity contribution in [2.24, 2.45) is 16.6 Å². The Balaban J connectivity index is 1.91. The Morgan fingerprint density at radius 2 is 2.47 bits per heavy atom. The summed E-state index contributed by atoms with van der Waals surface area (Å²) in [5, 5.41) is 3.03. The number of aromatic nitrogens is 1. The van der Waals surface area contributed by atoms with Crippen molar-refractivity contribution in [2.75, 3.05) is 0 Å². The summed E-state index contributed by atoms with van der Waals surface area (Å²) >= 11 is 0. The van der Waals surface area contributed by atoms with Crippen molar-refractivity contribution in [3.05, 3.63) is 29.6 Å². The highest BCUT2D eigenvalue weighted by atomic mass is 16.1. The Morgan fingerprint density at radius 3 is 3.11 bits per heavy atom. The minimum absolute atomic E-state index is 0.355. The van der Waals surface area contributed by atoms with Gasteiger partial charge < -0.3 is 11.1 Å². The maximum Gasteiger partial charge on any atom is 0.234 e. The van der Waals surface area contributed by atoms with Crippen LogP contribution in [-0.4, -0.2) is 29.2 Å². The second kappa shape index (κ2) is 5.93. The minimum Gasteiger partial charge on any atom is -0.368 e. The fraction of sp³-hybridized carbons (Fsp3) is 0.500. The fourth-order valence-electron chi connectivity index (χ4n) is 1.72. The largest absolute Gasteiger partial charge is 0.368 e. The van der Waals surface area contributed by atoms with Gasteiger partial charge in [0.1, 0.15) is 0 Å². The molecule has 0 saturated heterocycles. The van der Waals surface area contributed by atoms with Crippen molar-refractivity contribution in [3.63, 3.8) is 0 Å². The van der Waals surface area contributed by atoms with Crippen LogP contribution >= 0.6 is 0 Å². The normalized spacial score (nSPS) is 23.5. The van der Waals surface area contributed by atoms with Crippen molar-refractivity contribution in [3.8, 4) is 0 Å². The van der Waals surface area contributed by atoms with Crippen LogP contribution in [0.4, 0.5) is 0 Å². The van der Waals surface area contributed by atoms with E-state index in [4.69, 9.17) is 5.73 Å². The van der Waals surface area contributed by atoms with E-state index in [1.807, 2.05) is 18.3 Å². The van der Waals surface area contributed by atoms with E-state index in [9.17, 15) is 4.79 Å². The first kappa shape index (κ1) is 13.7. The maximum absolute atomic E-state index is 10.9. The number of rotatable bonds is 6. The fourth-order valence-corrected chi connectivity index (χ4v) is 1.72. The van der Waals surface area contributed by atoms with Crippen LogP contribution in [0.5, 0.6) is 0 Å². The molecule has 1 amide bonds. The zero-order chi connectivity index (χ0) is 13.8. The Morgan fingerprint density at radius 1 is 1.74 bits per heavy atom. The topological polar surface area (TPSA) is 80.4 Å². The summed E-state index contributed by atoms with van der Waals surface area (Å²) in [6.07, 6.45) is 4.84. The van der Waals surface area contributed by atoms with E-state index in [0.29, 0.717) is 12.6 Å². The molecule has 2 rings (SSSR count). The third-order valence-electron chi connectivity index (χ3n) is 3.34. The van der Waals surface area contributed by atoms with E-state index >= 15 is 0 Å². The highest BCUT2D eigenvalue weighted by Gasteiger charge is 2.31.